The monoisotopic (exact) mass is 396 g/mol. The molecule has 0 N–H and O–H groups in total. The molecule has 132 valence electrons. The van der Waals surface area contributed by atoms with Crippen molar-refractivity contribution in [2.45, 2.75) is 19.0 Å². The molecule has 0 aromatic heterocycles. The van der Waals surface area contributed by atoms with E-state index < -0.39 is 0 Å². The van der Waals surface area contributed by atoms with Gasteiger partial charge in [-0.2, -0.15) is 0 Å². The summed E-state index contributed by atoms with van der Waals surface area (Å²) in [6.45, 7) is 7.88. The van der Waals surface area contributed by atoms with Gasteiger partial charge in [0.25, 0.3) is 0 Å². The summed E-state index contributed by atoms with van der Waals surface area (Å²) in [6.07, 6.45) is 0. The van der Waals surface area contributed by atoms with E-state index in [1.165, 1.54) is 5.56 Å². The standard InChI is InChI=1S/C18H25BrN2O3/c1-14(22)17(20-6-10-23-11-7-20)18(21-8-12-24-13-9-21)15-2-4-16(19)5-3-15/h2-5,17-18H,6-13H2,1H3/t17-,18+/m1/s1. The van der Waals surface area contributed by atoms with E-state index in [0.717, 1.165) is 43.9 Å². The summed E-state index contributed by atoms with van der Waals surface area (Å²) in [5, 5.41) is 0. The molecule has 0 unspecified atom stereocenters. The Morgan fingerprint density at radius 1 is 0.958 bits per heavy atom. The summed E-state index contributed by atoms with van der Waals surface area (Å²) in [5.74, 6) is 0.219. The molecule has 1 aromatic carbocycles. The van der Waals surface area contributed by atoms with Gasteiger partial charge in [0.1, 0.15) is 5.78 Å². The maximum absolute atomic E-state index is 12.6. The summed E-state index contributed by atoms with van der Waals surface area (Å²) < 4.78 is 12.1. The van der Waals surface area contributed by atoms with Crippen LogP contribution in [0.5, 0.6) is 0 Å². The summed E-state index contributed by atoms with van der Waals surface area (Å²) in [7, 11) is 0. The fourth-order valence-electron chi connectivity index (χ4n) is 3.64. The first kappa shape index (κ1) is 18.0. The van der Waals surface area contributed by atoms with Gasteiger partial charge in [-0.1, -0.05) is 28.1 Å². The summed E-state index contributed by atoms with van der Waals surface area (Å²) in [6, 6.07) is 8.27. The highest BCUT2D eigenvalue weighted by atomic mass is 79.9. The van der Waals surface area contributed by atoms with Crippen LogP contribution in [-0.4, -0.2) is 74.2 Å². The molecule has 2 heterocycles. The first-order valence-electron chi connectivity index (χ1n) is 8.56. The van der Waals surface area contributed by atoms with Gasteiger partial charge in [-0.05, 0) is 24.6 Å². The maximum atomic E-state index is 12.6. The Bertz CT molecular complexity index is 540. The zero-order valence-electron chi connectivity index (χ0n) is 14.1. The van der Waals surface area contributed by atoms with Crippen LogP contribution >= 0.6 is 15.9 Å². The van der Waals surface area contributed by atoms with Crippen LogP contribution in [-0.2, 0) is 14.3 Å². The number of ether oxygens (including phenoxy) is 2. The van der Waals surface area contributed by atoms with Crippen molar-refractivity contribution in [2.24, 2.45) is 0 Å². The van der Waals surface area contributed by atoms with Crippen LogP contribution in [0.3, 0.4) is 0 Å². The topological polar surface area (TPSA) is 42.0 Å². The molecule has 3 rings (SSSR count). The lowest BCUT2D eigenvalue weighted by Gasteiger charge is -2.43. The summed E-state index contributed by atoms with van der Waals surface area (Å²) in [5.41, 5.74) is 1.19. The number of halogens is 1. The van der Waals surface area contributed by atoms with Crippen molar-refractivity contribution in [2.75, 3.05) is 52.6 Å². The van der Waals surface area contributed by atoms with E-state index in [4.69, 9.17) is 9.47 Å². The normalized spacial score (nSPS) is 22.9. The van der Waals surface area contributed by atoms with Crippen LogP contribution in [0.2, 0.25) is 0 Å². The predicted molar refractivity (Wildman–Crippen MR) is 96.1 cm³/mol. The first-order valence-corrected chi connectivity index (χ1v) is 9.35. The molecule has 2 saturated heterocycles. The van der Waals surface area contributed by atoms with E-state index >= 15 is 0 Å². The number of nitrogens with zero attached hydrogens (tertiary/aromatic N) is 2. The number of carbonyl (C=O) groups is 1. The molecule has 2 aliphatic heterocycles. The lowest BCUT2D eigenvalue weighted by atomic mass is 9.93. The van der Waals surface area contributed by atoms with Crippen molar-refractivity contribution in [3.8, 4) is 0 Å². The van der Waals surface area contributed by atoms with Gasteiger partial charge in [0, 0.05) is 30.7 Å². The SMILES string of the molecule is CC(=O)[C@H]([C@H](c1ccc(Br)cc1)N1CCOCC1)N1CCOCC1. The molecule has 24 heavy (non-hydrogen) atoms. The van der Waals surface area contributed by atoms with Gasteiger partial charge >= 0.3 is 0 Å². The molecule has 1 aromatic rings. The minimum absolute atomic E-state index is 0.0533. The number of carbonyl (C=O) groups excluding carboxylic acids is 1. The van der Waals surface area contributed by atoms with Crippen LogP contribution in [0.4, 0.5) is 0 Å². The molecule has 0 aliphatic carbocycles. The lowest BCUT2D eigenvalue weighted by Crippen LogP contribution is -2.55. The van der Waals surface area contributed by atoms with Crippen LogP contribution < -0.4 is 0 Å². The number of Topliss-reactive ketones (excluding diaryl/α,β-unsaturated/α-hetero) is 1. The summed E-state index contributed by atoms with van der Waals surface area (Å²) >= 11 is 3.51. The number of morpholine rings is 2. The van der Waals surface area contributed by atoms with Gasteiger partial charge in [0.05, 0.1) is 38.5 Å². The van der Waals surface area contributed by atoms with Gasteiger partial charge in [0.2, 0.25) is 0 Å². The van der Waals surface area contributed by atoms with Gasteiger partial charge < -0.3 is 9.47 Å². The van der Waals surface area contributed by atoms with Gasteiger partial charge in [-0.25, -0.2) is 0 Å². The maximum Gasteiger partial charge on any atom is 0.148 e. The largest absolute Gasteiger partial charge is 0.379 e. The van der Waals surface area contributed by atoms with Gasteiger partial charge in [-0.3, -0.25) is 14.6 Å². The predicted octanol–water partition coefficient (Wildman–Crippen LogP) is 2.11. The highest BCUT2D eigenvalue weighted by Gasteiger charge is 2.37. The molecule has 5 nitrogen and oxygen atoms in total. The third-order valence-electron chi connectivity index (χ3n) is 4.81. The third-order valence-corrected chi connectivity index (χ3v) is 5.33. The average Bonchev–Trinajstić information content (AvgIpc) is 2.62. The number of benzene rings is 1. The molecule has 0 saturated carbocycles. The van der Waals surface area contributed by atoms with Crippen molar-refractivity contribution < 1.29 is 14.3 Å². The second-order valence-electron chi connectivity index (χ2n) is 6.35. The molecule has 0 amide bonds. The van der Waals surface area contributed by atoms with Crippen molar-refractivity contribution in [3.63, 3.8) is 0 Å². The van der Waals surface area contributed by atoms with Gasteiger partial charge in [-0.15, -0.1) is 0 Å². The molecular weight excluding hydrogens is 372 g/mol. The van der Waals surface area contributed by atoms with Gasteiger partial charge in [0.15, 0.2) is 0 Å². The fourth-order valence-corrected chi connectivity index (χ4v) is 3.91. The highest BCUT2D eigenvalue weighted by molar-refractivity contribution is 9.10. The molecule has 2 atom stereocenters. The Morgan fingerprint density at radius 3 is 1.96 bits per heavy atom. The van der Waals surface area contributed by atoms with Crippen LogP contribution in [0.25, 0.3) is 0 Å². The Hall–Kier alpha value is -0.790. The van der Waals surface area contributed by atoms with E-state index in [9.17, 15) is 4.79 Å². The molecule has 0 spiro atoms. The van der Waals surface area contributed by atoms with E-state index in [-0.39, 0.29) is 17.9 Å². The van der Waals surface area contributed by atoms with Crippen LogP contribution in [0.1, 0.15) is 18.5 Å². The Balaban J connectivity index is 1.93. The van der Waals surface area contributed by atoms with E-state index in [1.807, 2.05) is 0 Å². The minimum Gasteiger partial charge on any atom is -0.379 e. The molecule has 2 aliphatic rings. The van der Waals surface area contributed by atoms with E-state index in [2.05, 4.69) is 50.0 Å². The van der Waals surface area contributed by atoms with Crippen molar-refractivity contribution in [1.82, 2.24) is 9.80 Å². The zero-order chi connectivity index (χ0) is 16.9. The van der Waals surface area contributed by atoms with Crippen molar-refractivity contribution >= 4 is 21.7 Å². The van der Waals surface area contributed by atoms with Crippen LogP contribution in [0, 0.1) is 0 Å². The molecule has 0 radical (unpaired) electrons. The average molecular weight is 397 g/mol. The number of ketones is 1. The van der Waals surface area contributed by atoms with Crippen molar-refractivity contribution in [1.29, 1.82) is 0 Å². The highest BCUT2D eigenvalue weighted by Crippen LogP contribution is 2.30. The van der Waals surface area contributed by atoms with Crippen LogP contribution in [0.15, 0.2) is 28.7 Å². The minimum atomic E-state index is -0.145. The van der Waals surface area contributed by atoms with E-state index in [0.29, 0.717) is 13.2 Å². The summed E-state index contributed by atoms with van der Waals surface area (Å²) in [4.78, 5) is 17.3. The molecule has 2 fully saturated rings. The number of hydrogen-bond donors (Lipinski definition) is 0. The fraction of sp³-hybridized carbons (Fsp3) is 0.611. The second kappa shape index (κ2) is 8.54. The Morgan fingerprint density at radius 2 is 1.46 bits per heavy atom. The van der Waals surface area contributed by atoms with E-state index in [1.54, 1.807) is 6.92 Å². The quantitative estimate of drug-likeness (QED) is 0.762. The smallest absolute Gasteiger partial charge is 0.148 e. The second-order valence-corrected chi connectivity index (χ2v) is 7.26. The first-order chi connectivity index (χ1) is 11.7. The third kappa shape index (κ3) is 4.24. The zero-order valence-corrected chi connectivity index (χ0v) is 15.7. The Kier molecular flexibility index (Phi) is 6.41. The number of rotatable bonds is 5. The molecule has 6 heteroatoms. The number of hydrogen-bond acceptors (Lipinski definition) is 5. The van der Waals surface area contributed by atoms with Crippen molar-refractivity contribution in [3.05, 3.63) is 34.3 Å². The lowest BCUT2D eigenvalue weighted by molar-refractivity contribution is -0.128. The Labute approximate surface area is 152 Å². The molecular formula is C18H25BrN2O3. The molecule has 0 bridgehead atoms.